The molecule has 106 valence electrons. The van der Waals surface area contributed by atoms with Gasteiger partial charge < -0.3 is 10.2 Å². The summed E-state index contributed by atoms with van der Waals surface area (Å²) in [5, 5.41) is 29.4. The molecule has 2 fully saturated rings. The van der Waals surface area contributed by atoms with Gasteiger partial charge in [-0.25, -0.2) is 0 Å². The van der Waals surface area contributed by atoms with E-state index in [1.165, 1.54) is 0 Å². The standard InChI is InChI=1S/C15H17ClN2O2/c16-11-1-10-7-17-18-14(10)13(4-11)15(20)5-8-2-12(19)3-9(8)6-15/h1,4,7-9,12,19-20H,2-3,5-6H2,(H,17,18)/t8-,9+,12-,15?. The molecule has 4 nitrogen and oxygen atoms in total. The van der Waals surface area contributed by atoms with Crippen molar-refractivity contribution < 1.29 is 10.2 Å². The topological polar surface area (TPSA) is 69.1 Å². The fourth-order valence-corrected chi connectivity index (χ4v) is 4.47. The van der Waals surface area contributed by atoms with Gasteiger partial charge in [0.25, 0.3) is 0 Å². The minimum Gasteiger partial charge on any atom is -0.393 e. The van der Waals surface area contributed by atoms with Crippen LogP contribution in [0.15, 0.2) is 18.3 Å². The average molecular weight is 293 g/mol. The molecule has 2 aromatic rings. The van der Waals surface area contributed by atoms with Crippen molar-refractivity contribution in [1.29, 1.82) is 0 Å². The van der Waals surface area contributed by atoms with Crippen molar-refractivity contribution in [3.63, 3.8) is 0 Å². The van der Waals surface area contributed by atoms with Crippen LogP contribution in [-0.4, -0.2) is 26.5 Å². The van der Waals surface area contributed by atoms with Crippen LogP contribution < -0.4 is 0 Å². The molecule has 0 spiro atoms. The molecule has 3 N–H and O–H groups in total. The summed E-state index contributed by atoms with van der Waals surface area (Å²) in [5.74, 6) is 0.818. The van der Waals surface area contributed by atoms with Crippen LogP contribution in [0.4, 0.5) is 0 Å². The van der Waals surface area contributed by atoms with Crippen molar-refractivity contribution in [3.05, 3.63) is 28.9 Å². The Labute approximate surface area is 121 Å². The lowest BCUT2D eigenvalue weighted by atomic mass is 9.88. The minimum absolute atomic E-state index is 0.193. The highest BCUT2D eigenvalue weighted by atomic mass is 35.5. The Kier molecular flexibility index (Phi) is 2.65. The highest BCUT2D eigenvalue weighted by molar-refractivity contribution is 6.31. The van der Waals surface area contributed by atoms with Crippen molar-refractivity contribution >= 4 is 22.5 Å². The minimum atomic E-state index is -0.856. The van der Waals surface area contributed by atoms with E-state index < -0.39 is 5.60 Å². The van der Waals surface area contributed by atoms with Gasteiger partial charge in [0.2, 0.25) is 0 Å². The summed E-state index contributed by atoms with van der Waals surface area (Å²) in [6.45, 7) is 0. The molecule has 1 unspecified atom stereocenters. The summed E-state index contributed by atoms with van der Waals surface area (Å²) in [6.07, 6.45) is 4.54. The van der Waals surface area contributed by atoms with Crippen LogP contribution in [0.3, 0.4) is 0 Å². The van der Waals surface area contributed by atoms with E-state index >= 15 is 0 Å². The molecule has 2 aliphatic rings. The zero-order valence-electron chi connectivity index (χ0n) is 11.0. The Morgan fingerprint density at radius 2 is 1.95 bits per heavy atom. The summed E-state index contributed by atoms with van der Waals surface area (Å²) < 4.78 is 0. The first-order valence-corrected chi connectivity index (χ1v) is 7.46. The Morgan fingerprint density at radius 3 is 2.65 bits per heavy atom. The molecule has 5 heteroatoms. The third kappa shape index (κ3) is 1.79. The zero-order chi connectivity index (χ0) is 13.9. The van der Waals surface area contributed by atoms with Crippen molar-refractivity contribution in [2.75, 3.05) is 0 Å². The van der Waals surface area contributed by atoms with E-state index in [4.69, 9.17) is 11.6 Å². The maximum atomic E-state index is 11.1. The van der Waals surface area contributed by atoms with E-state index in [0.717, 1.165) is 29.3 Å². The Hall–Kier alpha value is -1.10. The number of aliphatic hydroxyl groups excluding tert-OH is 1. The van der Waals surface area contributed by atoms with Gasteiger partial charge in [-0.15, -0.1) is 0 Å². The number of aromatic amines is 1. The van der Waals surface area contributed by atoms with E-state index in [-0.39, 0.29) is 6.10 Å². The van der Waals surface area contributed by atoms with Gasteiger partial charge in [-0.1, -0.05) is 11.6 Å². The molecule has 1 heterocycles. The van der Waals surface area contributed by atoms with Gasteiger partial charge in [0, 0.05) is 16.0 Å². The van der Waals surface area contributed by atoms with Crippen LogP contribution >= 0.6 is 11.6 Å². The van der Waals surface area contributed by atoms with Crippen molar-refractivity contribution in [2.45, 2.75) is 37.4 Å². The van der Waals surface area contributed by atoms with Gasteiger partial charge >= 0.3 is 0 Å². The highest BCUT2D eigenvalue weighted by Gasteiger charge is 2.49. The Bertz CT molecular complexity index is 655. The first-order chi connectivity index (χ1) is 9.55. The van der Waals surface area contributed by atoms with Gasteiger partial charge in [-0.2, -0.15) is 5.10 Å². The largest absolute Gasteiger partial charge is 0.393 e. The van der Waals surface area contributed by atoms with Crippen LogP contribution in [-0.2, 0) is 5.60 Å². The lowest BCUT2D eigenvalue weighted by Crippen LogP contribution is -2.24. The third-order valence-corrected chi connectivity index (χ3v) is 5.25. The number of fused-ring (bicyclic) bond motifs is 2. The molecular formula is C15H17ClN2O2. The molecule has 0 radical (unpaired) electrons. The van der Waals surface area contributed by atoms with E-state index in [2.05, 4.69) is 10.2 Å². The lowest BCUT2D eigenvalue weighted by Gasteiger charge is -2.25. The second kappa shape index (κ2) is 4.20. The van der Waals surface area contributed by atoms with Crippen LogP contribution in [0, 0.1) is 11.8 Å². The van der Waals surface area contributed by atoms with E-state index in [0.29, 0.717) is 29.7 Å². The second-order valence-electron chi connectivity index (χ2n) is 6.37. The molecule has 2 saturated carbocycles. The quantitative estimate of drug-likeness (QED) is 0.757. The molecule has 0 bridgehead atoms. The number of hydrogen-bond donors (Lipinski definition) is 3. The highest BCUT2D eigenvalue weighted by Crippen LogP contribution is 2.53. The first-order valence-electron chi connectivity index (χ1n) is 7.09. The van der Waals surface area contributed by atoms with Crippen molar-refractivity contribution in [1.82, 2.24) is 10.2 Å². The Morgan fingerprint density at radius 1 is 1.25 bits per heavy atom. The van der Waals surface area contributed by atoms with Crippen molar-refractivity contribution in [2.24, 2.45) is 11.8 Å². The molecule has 4 rings (SSSR count). The third-order valence-electron chi connectivity index (χ3n) is 5.03. The molecule has 0 saturated heterocycles. The normalized spacial score (nSPS) is 36.6. The summed E-state index contributed by atoms with van der Waals surface area (Å²) in [5.41, 5.74) is 0.865. The number of halogens is 1. The number of nitrogens with one attached hydrogen (secondary N) is 1. The maximum Gasteiger partial charge on any atom is 0.0923 e. The van der Waals surface area contributed by atoms with Gasteiger partial charge in [0.1, 0.15) is 0 Å². The van der Waals surface area contributed by atoms with Gasteiger partial charge in [-0.05, 0) is 49.7 Å². The SMILES string of the molecule is O[C@@H]1C[C@@H]2CC(O)(c3cc(Cl)cc4cn[nH]c34)C[C@@H]2C1. The number of H-pyrrole nitrogens is 1. The second-order valence-corrected chi connectivity index (χ2v) is 6.81. The van der Waals surface area contributed by atoms with Gasteiger partial charge in [0.15, 0.2) is 0 Å². The van der Waals surface area contributed by atoms with E-state index in [9.17, 15) is 10.2 Å². The summed E-state index contributed by atoms with van der Waals surface area (Å²) >= 11 is 6.17. The number of aliphatic hydroxyl groups is 2. The monoisotopic (exact) mass is 292 g/mol. The Balaban J connectivity index is 1.78. The average Bonchev–Trinajstić information content (AvgIpc) is 3.01. The molecule has 1 aromatic heterocycles. The molecule has 1 aromatic carbocycles. The fraction of sp³-hybridized carbons (Fsp3) is 0.533. The zero-order valence-corrected chi connectivity index (χ0v) is 11.8. The van der Waals surface area contributed by atoms with Crippen molar-refractivity contribution in [3.8, 4) is 0 Å². The molecule has 0 aliphatic heterocycles. The number of nitrogens with zero attached hydrogens (tertiary/aromatic N) is 1. The van der Waals surface area contributed by atoms with Crippen LogP contribution in [0.1, 0.15) is 31.2 Å². The van der Waals surface area contributed by atoms with Crippen LogP contribution in [0.2, 0.25) is 5.02 Å². The number of hydrogen-bond acceptors (Lipinski definition) is 3. The van der Waals surface area contributed by atoms with E-state index in [1.807, 2.05) is 12.1 Å². The summed E-state index contributed by atoms with van der Waals surface area (Å²) in [6, 6.07) is 3.70. The summed E-state index contributed by atoms with van der Waals surface area (Å²) in [7, 11) is 0. The molecule has 20 heavy (non-hydrogen) atoms. The maximum absolute atomic E-state index is 11.1. The van der Waals surface area contributed by atoms with Gasteiger partial charge in [0.05, 0.1) is 23.4 Å². The molecular weight excluding hydrogens is 276 g/mol. The predicted octanol–water partition coefficient (Wildman–Crippen LogP) is 2.58. The van der Waals surface area contributed by atoms with Crippen LogP contribution in [0.5, 0.6) is 0 Å². The molecule has 4 atom stereocenters. The van der Waals surface area contributed by atoms with E-state index in [1.54, 1.807) is 6.20 Å². The number of benzene rings is 1. The van der Waals surface area contributed by atoms with Gasteiger partial charge in [-0.3, -0.25) is 5.10 Å². The number of aromatic nitrogens is 2. The lowest BCUT2D eigenvalue weighted by molar-refractivity contribution is 0.0302. The molecule has 0 amide bonds. The summed E-state index contributed by atoms with van der Waals surface area (Å²) in [4.78, 5) is 0. The van der Waals surface area contributed by atoms with Crippen LogP contribution in [0.25, 0.3) is 10.9 Å². The first kappa shape index (κ1) is 12.6. The smallest absolute Gasteiger partial charge is 0.0923 e. The number of rotatable bonds is 1. The molecule has 2 aliphatic carbocycles. The fourth-order valence-electron chi connectivity index (χ4n) is 4.24. The predicted molar refractivity (Wildman–Crippen MR) is 76.5 cm³/mol.